The second-order valence-electron chi connectivity index (χ2n) is 5.39. The molecule has 9 heteroatoms. The molecular formula is C17H16N4O5. The third-order valence-corrected chi connectivity index (χ3v) is 3.56. The van der Waals surface area contributed by atoms with Crippen molar-refractivity contribution < 1.29 is 14.6 Å². The first-order valence-corrected chi connectivity index (χ1v) is 7.74. The van der Waals surface area contributed by atoms with Crippen LogP contribution in [-0.4, -0.2) is 21.5 Å². The minimum absolute atomic E-state index is 0.204. The summed E-state index contributed by atoms with van der Waals surface area (Å²) in [6.07, 6.45) is 1.12. The molecule has 1 N–H and O–H groups in total. The van der Waals surface area contributed by atoms with Crippen molar-refractivity contribution in [2.24, 2.45) is 5.10 Å². The number of hydrogen-bond donors (Lipinski definition) is 1. The number of carbonyl (C=O) groups is 1. The predicted octanol–water partition coefficient (Wildman–Crippen LogP) is 3.24. The van der Waals surface area contributed by atoms with Crippen LogP contribution >= 0.6 is 0 Å². The molecule has 2 aromatic carbocycles. The van der Waals surface area contributed by atoms with Crippen LogP contribution in [0.5, 0.6) is 0 Å². The Hall–Kier alpha value is -3.62. The third kappa shape index (κ3) is 4.94. The zero-order valence-electron chi connectivity index (χ0n) is 13.9. The van der Waals surface area contributed by atoms with Gasteiger partial charge in [-0.25, -0.2) is 5.43 Å². The van der Waals surface area contributed by atoms with Crippen molar-refractivity contribution in [3.05, 3.63) is 79.9 Å². The fraction of sp³-hybridized carbons (Fsp3) is 0.176. The monoisotopic (exact) mass is 356 g/mol. The first kappa shape index (κ1) is 18.7. The molecule has 1 amide bonds. The van der Waals surface area contributed by atoms with E-state index in [0.29, 0.717) is 18.6 Å². The summed E-state index contributed by atoms with van der Waals surface area (Å²) in [6.45, 7) is 1.88. The summed E-state index contributed by atoms with van der Waals surface area (Å²) in [4.78, 5) is 32.4. The van der Waals surface area contributed by atoms with Crippen LogP contribution in [0.3, 0.4) is 0 Å². The normalized spacial score (nSPS) is 11.0. The van der Waals surface area contributed by atoms with E-state index in [2.05, 4.69) is 10.5 Å². The van der Waals surface area contributed by atoms with E-state index in [1.807, 2.05) is 37.3 Å². The van der Waals surface area contributed by atoms with Gasteiger partial charge in [0.1, 0.15) is 0 Å². The summed E-state index contributed by atoms with van der Waals surface area (Å²) in [6, 6.07) is 12.3. The Morgan fingerprint density at radius 3 is 2.12 bits per heavy atom. The highest BCUT2D eigenvalue weighted by molar-refractivity contribution is 5.96. The molecule has 0 atom stereocenters. The van der Waals surface area contributed by atoms with Crippen molar-refractivity contribution in [2.45, 2.75) is 19.8 Å². The summed E-state index contributed by atoms with van der Waals surface area (Å²) in [5.41, 5.74) is 2.75. The molecule has 0 fully saturated rings. The van der Waals surface area contributed by atoms with Gasteiger partial charge in [0.15, 0.2) is 0 Å². The molecule has 0 aliphatic rings. The van der Waals surface area contributed by atoms with Crippen LogP contribution < -0.4 is 5.43 Å². The average Bonchev–Trinajstić information content (AvgIpc) is 2.65. The Bertz CT molecular complexity index is 832. The van der Waals surface area contributed by atoms with Gasteiger partial charge in [0.25, 0.3) is 17.3 Å². The second kappa shape index (κ2) is 8.47. The molecule has 26 heavy (non-hydrogen) atoms. The van der Waals surface area contributed by atoms with Crippen LogP contribution in [-0.2, 0) is 6.42 Å². The van der Waals surface area contributed by atoms with Gasteiger partial charge in [0.05, 0.1) is 21.5 Å². The highest BCUT2D eigenvalue weighted by atomic mass is 16.6. The Balaban J connectivity index is 2.20. The fourth-order valence-corrected chi connectivity index (χ4v) is 2.21. The molecule has 0 radical (unpaired) electrons. The molecule has 0 aliphatic carbocycles. The van der Waals surface area contributed by atoms with Crippen LogP contribution in [0.4, 0.5) is 11.4 Å². The molecule has 0 saturated carbocycles. The summed E-state index contributed by atoms with van der Waals surface area (Å²) in [5.74, 6) is -0.754. The van der Waals surface area contributed by atoms with Gasteiger partial charge in [-0.1, -0.05) is 37.3 Å². The van der Waals surface area contributed by atoms with Crippen molar-refractivity contribution in [3.8, 4) is 0 Å². The van der Waals surface area contributed by atoms with Crippen molar-refractivity contribution in [3.63, 3.8) is 0 Å². The zero-order valence-corrected chi connectivity index (χ0v) is 13.9. The minimum Gasteiger partial charge on any atom is -0.267 e. The van der Waals surface area contributed by atoms with E-state index < -0.39 is 27.1 Å². The maximum Gasteiger partial charge on any atom is 0.277 e. The lowest BCUT2D eigenvalue weighted by molar-refractivity contribution is -0.394. The van der Waals surface area contributed by atoms with E-state index in [0.717, 1.165) is 23.8 Å². The lowest BCUT2D eigenvalue weighted by atomic mass is 10.1. The number of rotatable bonds is 7. The molecule has 134 valence electrons. The Morgan fingerprint density at radius 1 is 1.04 bits per heavy atom. The van der Waals surface area contributed by atoms with Crippen LogP contribution in [0.15, 0.2) is 53.6 Å². The molecule has 2 aromatic rings. The van der Waals surface area contributed by atoms with E-state index in [-0.39, 0.29) is 5.56 Å². The number of nitro benzene ring substituents is 2. The van der Waals surface area contributed by atoms with Crippen molar-refractivity contribution >= 4 is 23.0 Å². The van der Waals surface area contributed by atoms with Gasteiger partial charge in [-0.15, -0.1) is 0 Å². The maximum absolute atomic E-state index is 12.2. The van der Waals surface area contributed by atoms with Crippen LogP contribution in [0.2, 0.25) is 0 Å². The summed E-state index contributed by atoms with van der Waals surface area (Å²) < 4.78 is 0. The quantitative estimate of drug-likeness (QED) is 0.463. The summed E-state index contributed by atoms with van der Waals surface area (Å²) in [7, 11) is 0. The standard InChI is InChI=1S/C17H16N4O5/c1-2-14(8-12-6-4-3-5-7-12)18-19-17(22)13-9-15(20(23)24)11-16(10-13)21(25)26/h3-7,9-11H,2,8H2,1H3,(H,19,22). The van der Waals surface area contributed by atoms with Gasteiger partial charge in [-0.3, -0.25) is 25.0 Å². The van der Waals surface area contributed by atoms with Gasteiger partial charge in [0, 0.05) is 24.3 Å². The molecule has 2 rings (SSSR count). The topological polar surface area (TPSA) is 128 Å². The highest BCUT2D eigenvalue weighted by Crippen LogP contribution is 2.22. The lowest BCUT2D eigenvalue weighted by Gasteiger charge is -2.06. The number of carbonyl (C=O) groups excluding carboxylic acids is 1. The molecule has 0 saturated heterocycles. The van der Waals surface area contributed by atoms with Gasteiger partial charge < -0.3 is 0 Å². The molecule has 0 aliphatic heterocycles. The lowest BCUT2D eigenvalue weighted by Crippen LogP contribution is -2.20. The second-order valence-corrected chi connectivity index (χ2v) is 5.39. The zero-order chi connectivity index (χ0) is 19.1. The minimum atomic E-state index is -0.792. The molecule has 0 bridgehead atoms. The number of nitrogens with zero attached hydrogens (tertiary/aromatic N) is 3. The van der Waals surface area contributed by atoms with Gasteiger partial charge >= 0.3 is 0 Å². The van der Waals surface area contributed by atoms with Crippen LogP contribution in [0.25, 0.3) is 0 Å². The Morgan fingerprint density at radius 2 is 1.62 bits per heavy atom. The smallest absolute Gasteiger partial charge is 0.267 e. The predicted molar refractivity (Wildman–Crippen MR) is 95.1 cm³/mol. The van der Waals surface area contributed by atoms with Gasteiger partial charge in [-0.05, 0) is 12.0 Å². The highest BCUT2D eigenvalue weighted by Gasteiger charge is 2.19. The van der Waals surface area contributed by atoms with E-state index in [1.165, 1.54) is 0 Å². The number of hydrogen-bond acceptors (Lipinski definition) is 6. The molecule has 0 aromatic heterocycles. The Labute approximate surface area is 148 Å². The molecule has 0 spiro atoms. The third-order valence-electron chi connectivity index (χ3n) is 3.56. The van der Waals surface area contributed by atoms with E-state index in [4.69, 9.17) is 0 Å². The molecule has 0 unspecified atom stereocenters. The fourth-order valence-electron chi connectivity index (χ4n) is 2.21. The average molecular weight is 356 g/mol. The SMILES string of the molecule is CCC(Cc1ccccc1)=NNC(=O)c1cc([N+](=O)[O-])cc([N+](=O)[O-])c1. The molecule has 9 nitrogen and oxygen atoms in total. The van der Waals surface area contributed by atoms with E-state index in [1.54, 1.807) is 0 Å². The number of nitrogens with one attached hydrogen (secondary N) is 1. The molecule has 0 heterocycles. The number of nitro groups is 2. The largest absolute Gasteiger partial charge is 0.277 e. The van der Waals surface area contributed by atoms with E-state index >= 15 is 0 Å². The van der Waals surface area contributed by atoms with Crippen molar-refractivity contribution in [2.75, 3.05) is 0 Å². The maximum atomic E-state index is 12.2. The van der Waals surface area contributed by atoms with Crippen LogP contribution in [0, 0.1) is 20.2 Å². The first-order valence-electron chi connectivity index (χ1n) is 7.74. The summed E-state index contributed by atoms with van der Waals surface area (Å²) in [5, 5.41) is 25.8. The number of hydrazone groups is 1. The number of benzene rings is 2. The van der Waals surface area contributed by atoms with Gasteiger partial charge in [-0.2, -0.15) is 5.10 Å². The van der Waals surface area contributed by atoms with Crippen LogP contribution in [0.1, 0.15) is 29.3 Å². The number of non-ortho nitro benzene ring substituents is 2. The van der Waals surface area contributed by atoms with Crippen molar-refractivity contribution in [1.29, 1.82) is 0 Å². The molecular weight excluding hydrogens is 340 g/mol. The first-order chi connectivity index (χ1) is 12.4. The van der Waals surface area contributed by atoms with E-state index in [9.17, 15) is 25.0 Å². The van der Waals surface area contributed by atoms with Gasteiger partial charge in [0.2, 0.25) is 0 Å². The Kier molecular flexibility index (Phi) is 6.10. The number of amides is 1. The van der Waals surface area contributed by atoms with Crippen molar-refractivity contribution in [1.82, 2.24) is 5.43 Å². The summed E-state index contributed by atoms with van der Waals surface area (Å²) >= 11 is 0.